The van der Waals surface area contributed by atoms with Crippen molar-refractivity contribution in [3.8, 4) is 0 Å². The Morgan fingerprint density at radius 2 is 1.73 bits per heavy atom. The van der Waals surface area contributed by atoms with Gasteiger partial charge in [0.15, 0.2) is 0 Å². The molecule has 0 N–H and O–H groups in total. The lowest BCUT2D eigenvalue weighted by molar-refractivity contribution is 0.0989. The predicted octanol–water partition coefficient (Wildman–Crippen LogP) is 3.67. The first-order valence-electron chi connectivity index (χ1n) is 8.79. The molecule has 4 rings (SSSR count). The minimum atomic E-state index is -0.616. The summed E-state index contributed by atoms with van der Waals surface area (Å²) in [6.45, 7) is 2.15. The van der Waals surface area contributed by atoms with Crippen LogP contribution in [0.1, 0.15) is 23.2 Å². The minimum Gasteiger partial charge on any atom is -0.422 e. The molecule has 5 heteroatoms. The van der Waals surface area contributed by atoms with Gasteiger partial charge in [-0.1, -0.05) is 18.2 Å². The molecule has 2 heterocycles. The zero-order valence-corrected chi connectivity index (χ0v) is 14.6. The molecule has 0 spiro atoms. The van der Waals surface area contributed by atoms with E-state index in [1.165, 1.54) is 17.7 Å². The van der Waals surface area contributed by atoms with Crippen molar-refractivity contribution in [1.29, 1.82) is 0 Å². The highest BCUT2D eigenvalue weighted by Crippen LogP contribution is 2.24. The Balaban J connectivity index is 1.61. The summed E-state index contributed by atoms with van der Waals surface area (Å²) in [7, 11) is 1.67. The Hall–Kier alpha value is -3.08. The maximum Gasteiger partial charge on any atom is 0.349 e. The Labute approximate surface area is 151 Å². The van der Waals surface area contributed by atoms with Crippen molar-refractivity contribution < 1.29 is 9.21 Å². The molecule has 0 bridgehead atoms. The summed E-state index contributed by atoms with van der Waals surface area (Å²) in [5, 5.41) is 0.730. The van der Waals surface area contributed by atoms with Gasteiger partial charge in [0.05, 0.1) is 0 Å². The number of carbonyl (C=O) groups is 1. The second-order valence-corrected chi connectivity index (χ2v) is 6.56. The first-order valence-corrected chi connectivity index (χ1v) is 8.79. The monoisotopic (exact) mass is 348 g/mol. The number of para-hydroxylation sites is 1. The van der Waals surface area contributed by atoms with Crippen molar-refractivity contribution in [2.45, 2.75) is 12.8 Å². The zero-order valence-electron chi connectivity index (χ0n) is 14.6. The van der Waals surface area contributed by atoms with E-state index in [2.05, 4.69) is 4.90 Å². The standard InChI is InChI=1S/C21H20N2O3/c1-22(16-8-10-17(11-9-16)23-12-4-5-13-23)20(24)18-14-15-6-2-3-7-19(15)26-21(18)25/h2-3,6-11,14H,4-5,12-13H2,1H3. The van der Waals surface area contributed by atoms with Crippen LogP contribution in [-0.2, 0) is 0 Å². The number of fused-ring (bicyclic) bond motifs is 1. The van der Waals surface area contributed by atoms with Crippen LogP contribution in [0.4, 0.5) is 11.4 Å². The van der Waals surface area contributed by atoms with Crippen molar-refractivity contribution in [3.05, 3.63) is 70.6 Å². The van der Waals surface area contributed by atoms with Gasteiger partial charge in [0.2, 0.25) is 0 Å². The fraction of sp³-hybridized carbons (Fsp3) is 0.238. The van der Waals surface area contributed by atoms with E-state index in [1.54, 1.807) is 25.2 Å². The number of benzene rings is 2. The van der Waals surface area contributed by atoms with E-state index >= 15 is 0 Å². The van der Waals surface area contributed by atoms with Crippen molar-refractivity contribution in [2.75, 3.05) is 29.9 Å². The van der Waals surface area contributed by atoms with Gasteiger partial charge in [-0.3, -0.25) is 4.79 Å². The quantitative estimate of drug-likeness (QED) is 0.678. The third-order valence-electron chi connectivity index (χ3n) is 4.88. The van der Waals surface area contributed by atoms with Crippen LogP contribution in [-0.4, -0.2) is 26.0 Å². The molecule has 1 aromatic heterocycles. The first-order chi connectivity index (χ1) is 12.6. The third-order valence-corrected chi connectivity index (χ3v) is 4.88. The molecule has 0 aliphatic carbocycles. The van der Waals surface area contributed by atoms with Gasteiger partial charge < -0.3 is 14.2 Å². The van der Waals surface area contributed by atoms with Crippen LogP contribution < -0.4 is 15.4 Å². The van der Waals surface area contributed by atoms with Crippen molar-refractivity contribution in [1.82, 2.24) is 0 Å². The summed E-state index contributed by atoms with van der Waals surface area (Å²) in [4.78, 5) is 28.8. The summed E-state index contributed by atoms with van der Waals surface area (Å²) >= 11 is 0. The molecule has 1 aliphatic rings. The molecular formula is C21H20N2O3. The number of rotatable bonds is 3. The van der Waals surface area contributed by atoms with E-state index in [0.29, 0.717) is 5.58 Å². The fourth-order valence-corrected chi connectivity index (χ4v) is 3.37. The van der Waals surface area contributed by atoms with Gasteiger partial charge >= 0.3 is 5.63 Å². The summed E-state index contributed by atoms with van der Waals surface area (Å²) in [5.41, 5.74) is 1.80. The Morgan fingerprint density at radius 1 is 1.04 bits per heavy atom. The maximum absolute atomic E-state index is 12.8. The van der Waals surface area contributed by atoms with E-state index < -0.39 is 5.63 Å². The predicted molar refractivity (Wildman–Crippen MR) is 103 cm³/mol. The maximum atomic E-state index is 12.8. The van der Waals surface area contributed by atoms with E-state index in [0.717, 1.165) is 29.9 Å². The summed E-state index contributed by atoms with van der Waals surface area (Å²) in [5.74, 6) is -0.376. The van der Waals surface area contributed by atoms with Crippen LogP contribution in [0, 0.1) is 0 Å². The van der Waals surface area contributed by atoms with Gasteiger partial charge in [-0.2, -0.15) is 0 Å². The molecule has 1 saturated heterocycles. The lowest BCUT2D eigenvalue weighted by Gasteiger charge is -2.20. The van der Waals surface area contributed by atoms with Crippen molar-refractivity contribution >= 4 is 28.3 Å². The molecule has 1 amide bonds. The minimum absolute atomic E-state index is 0.0369. The van der Waals surface area contributed by atoms with E-state index in [9.17, 15) is 9.59 Å². The number of hydrogen-bond acceptors (Lipinski definition) is 4. The van der Waals surface area contributed by atoms with Gasteiger partial charge in [-0.15, -0.1) is 0 Å². The smallest absolute Gasteiger partial charge is 0.349 e. The van der Waals surface area contributed by atoms with Crippen molar-refractivity contribution in [2.24, 2.45) is 0 Å². The van der Waals surface area contributed by atoms with Crippen LogP contribution in [0.15, 0.2) is 63.8 Å². The van der Waals surface area contributed by atoms with Gasteiger partial charge in [-0.05, 0) is 49.2 Å². The first kappa shape index (κ1) is 16.4. The SMILES string of the molecule is CN(C(=O)c1cc2ccccc2oc1=O)c1ccc(N2CCCC2)cc1. The summed E-state index contributed by atoms with van der Waals surface area (Å²) < 4.78 is 5.28. The van der Waals surface area contributed by atoms with Crippen LogP contribution in [0.25, 0.3) is 11.0 Å². The fourth-order valence-electron chi connectivity index (χ4n) is 3.37. The van der Waals surface area contributed by atoms with E-state index in [-0.39, 0.29) is 11.5 Å². The number of hydrogen-bond donors (Lipinski definition) is 0. The molecule has 3 aromatic rings. The molecule has 132 valence electrons. The lowest BCUT2D eigenvalue weighted by atomic mass is 10.1. The van der Waals surface area contributed by atoms with Crippen LogP contribution in [0.2, 0.25) is 0 Å². The number of nitrogens with zero attached hydrogens (tertiary/aromatic N) is 2. The van der Waals surface area contributed by atoms with Gasteiger partial charge in [0.1, 0.15) is 11.1 Å². The summed E-state index contributed by atoms with van der Waals surface area (Å²) in [6, 6.07) is 16.6. The van der Waals surface area contributed by atoms with Crippen molar-refractivity contribution in [3.63, 3.8) is 0 Å². The molecule has 5 nitrogen and oxygen atoms in total. The number of amides is 1. The zero-order chi connectivity index (χ0) is 18.1. The molecule has 1 fully saturated rings. The molecule has 0 unspecified atom stereocenters. The molecule has 1 aliphatic heterocycles. The van der Waals surface area contributed by atoms with Crippen LogP contribution >= 0.6 is 0 Å². The highest BCUT2D eigenvalue weighted by Gasteiger charge is 2.19. The van der Waals surface area contributed by atoms with E-state index in [1.807, 2.05) is 36.4 Å². The Morgan fingerprint density at radius 3 is 2.46 bits per heavy atom. The Bertz CT molecular complexity index is 1000. The highest BCUT2D eigenvalue weighted by molar-refractivity contribution is 6.06. The average Bonchev–Trinajstić information content (AvgIpc) is 3.21. The topological polar surface area (TPSA) is 53.8 Å². The number of anilines is 2. The summed E-state index contributed by atoms with van der Waals surface area (Å²) in [6.07, 6.45) is 2.44. The van der Waals surface area contributed by atoms with E-state index in [4.69, 9.17) is 4.42 Å². The van der Waals surface area contributed by atoms with Crippen LogP contribution in [0.5, 0.6) is 0 Å². The normalized spacial score (nSPS) is 14.0. The Kier molecular flexibility index (Phi) is 4.21. The molecule has 0 atom stereocenters. The largest absolute Gasteiger partial charge is 0.422 e. The lowest BCUT2D eigenvalue weighted by Crippen LogP contribution is -2.30. The molecular weight excluding hydrogens is 328 g/mol. The second-order valence-electron chi connectivity index (χ2n) is 6.56. The van der Waals surface area contributed by atoms with Gasteiger partial charge in [0, 0.05) is 36.9 Å². The molecule has 2 aromatic carbocycles. The average molecular weight is 348 g/mol. The van der Waals surface area contributed by atoms with Gasteiger partial charge in [0.25, 0.3) is 5.91 Å². The highest BCUT2D eigenvalue weighted by atomic mass is 16.4. The third kappa shape index (κ3) is 2.96. The number of carbonyl (C=O) groups excluding carboxylic acids is 1. The van der Waals surface area contributed by atoms with Crippen LogP contribution in [0.3, 0.4) is 0 Å². The molecule has 0 radical (unpaired) electrons. The molecule has 26 heavy (non-hydrogen) atoms. The second kappa shape index (κ2) is 6.67. The van der Waals surface area contributed by atoms with Gasteiger partial charge in [-0.25, -0.2) is 4.79 Å². The molecule has 0 saturated carbocycles.